The van der Waals surface area contributed by atoms with Gasteiger partial charge >= 0.3 is 0 Å². The molecule has 1 amide bonds. The van der Waals surface area contributed by atoms with E-state index in [2.05, 4.69) is 30.6 Å². The molecule has 1 aromatic heterocycles. The summed E-state index contributed by atoms with van der Waals surface area (Å²) in [4.78, 5) is 12.6. The number of rotatable bonds is 1. The standard InChI is InChI=1S/C10H13NOS/c1-10(2)7(6-9(12)11-10)8-4-3-5-13-8/h3-5,7H,6H2,1-2H3,(H,11,12). The maximum Gasteiger partial charge on any atom is 0.221 e. The van der Waals surface area contributed by atoms with Crippen LogP contribution in [-0.4, -0.2) is 11.4 Å². The Balaban J connectivity index is 2.30. The predicted octanol–water partition coefficient (Wildman–Crippen LogP) is 2.13. The van der Waals surface area contributed by atoms with Crippen LogP contribution in [0.1, 0.15) is 31.1 Å². The van der Waals surface area contributed by atoms with Gasteiger partial charge in [0.15, 0.2) is 0 Å². The zero-order valence-corrected chi connectivity index (χ0v) is 8.65. The highest BCUT2D eigenvalue weighted by Gasteiger charge is 2.40. The fourth-order valence-electron chi connectivity index (χ4n) is 1.88. The topological polar surface area (TPSA) is 29.1 Å². The van der Waals surface area contributed by atoms with Crippen LogP contribution >= 0.6 is 11.3 Å². The van der Waals surface area contributed by atoms with E-state index in [1.807, 2.05) is 6.07 Å². The molecular formula is C10H13NOS. The number of hydrogen-bond donors (Lipinski definition) is 1. The lowest BCUT2D eigenvalue weighted by Crippen LogP contribution is -2.38. The Morgan fingerprint density at radius 3 is 2.85 bits per heavy atom. The molecular weight excluding hydrogens is 182 g/mol. The summed E-state index contributed by atoms with van der Waals surface area (Å²) in [7, 11) is 0. The van der Waals surface area contributed by atoms with Gasteiger partial charge in [0.05, 0.1) is 0 Å². The Kier molecular flexibility index (Phi) is 1.91. The van der Waals surface area contributed by atoms with E-state index in [-0.39, 0.29) is 11.4 Å². The number of amides is 1. The van der Waals surface area contributed by atoms with E-state index in [9.17, 15) is 4.79 Å². The quantitative estimate of drug-likeness (QED) is 0.730. The average Bonchev–Trinajstić information content (AvgIpc) is 2.56. The molecule has 1 aliphatic rings. The molecule has 1 aromatic rings. The molecule has 1 fully saturated rings. The maximum absolute atomic E-state index is 11.3. The minimum atomic E-state index is -0.0814. The van der Waals surface area contributed by atoms with E-state index in [0.717, 1.165) is 0 Å². The second-order valence-electron chi connectivity index (χ2n) is 4.04. The normalized spacial score (nSPS) is 26.0. The Bertz CT molecular complexity index is 316. The van der Waals surface area contributed by atoms with Crippen LogP contribution in [0.4, 0.5) is 0 Å². The molecule has 1 unspecified atom stereocenters. The first-order chi connectivity index (χ1) is 6.09. The van der Waals surface area contributed by atoms with Crippen molar-refractivity contribution in [3.63, 3.8) is 0 Å². The molecule has 2 nitrogen and oxygen atoms in total. The summed E-state index contributed by atoms with van der Waals surface area (Å²) in [6.07, 6.45) is 0.632. The second-order valence-corrected chi connectivity index (χ2v) is 5.02. The molecule has 13 heavy (non-hydrogen) atoms. The Labute approximate surface area is 82.0 Å². The van der Waals surface area contributed by atoms with Gasteiger partial charge in [-0.3, -0.25) is 4.79 Å². The molecule has 1 atom stereocenters. The summed E-state index contributed by atoms with van der Waals surface area (Å²) in [5.41, 5.74) is -0.0814. The lowest BCUT2D eigenvalue weighted by molar-refractivity contribution is -0.119. The van der Waals surface area contributed by atoms with Gasteiger partial charge in [-0.1, -0.05) is 6.07 Å². The molecule has 0 aromatic carbocycles. The van der Waals surface area contributed by atoms with Crippen molar-refractivity contribution in [2.45, 2.75) is 31.7 Å². The van der Waals surface area contributed by atoms with Crippen LogP contribution < -0.4 is 5.32 Å². The molecule has 2 heterocycles. The fraction of sp³-hybridized carbons (Fsp3) is 0.500. The maximum atomic E-state index is 11.3. The van der Waals surface area contributed by atoms with Crippen molar-refractivity contribution >= 4 is 17.2 Å². The van der Waals surface area contributed by atoms with Crippen LogP contribution in [0.15, 0.2) is 17.5 Å². The third-order valence-corrected chi connectivity index (χ3v) is 3.59. The van der Waals surface area contributed by atoms with Gasteiger partial charge < -0.3 is 5.32 Å². The van der Waals surface area contributed by atoms with Gasteiger partial charge in [0.1, 0.15) is 0 Å². The van der Waals surface area contributed by atoms with Crippen LogP contribution in [0.3, 0.4) is 0 Å². The molecule has 0 radical (unpaired) electrons. The summed E-state index contributed by atoms with van der Waals surface area (Å²) in [5, 5.41) is 5.06. The lowest BCUT2D eigenvalue weighted by Gasteiger charge is -2.25. The third-order valence-electron chi connectivity index (χ3n) is 2.61. The van der Waals surface area contributed by atoms with Crippen LogP contribution in [0, 0.1) is 0 Å². The Morgan fingerprint density at radius 2 is 2.38 bits per heavy atom. The van der Waals surface area contributed by atoms with Gasteiger partial charge in [-0.25, -0.2) is 0 Å². The summed E-state index contributed by atoms with van der Waals surface area (Å²) < 4.78 is 0. The molecule has 2 rings (SSSR count). The van der Waals surface area contributed by atoms with Crippen LogP contribution in [-0.2, 0) is 4.79 Å². The SMILES string of the molecule is CC1(C)NC(=O)CC1c1cccs1. The Morgan fingerprint density at radius 1 is 1.62 bits per heavy atom. The van der Waals surface area contributed by atoms with Crippen molar-refractivity contribution in [3.05, 3.63) is 22.4 Å². The van der Waals surface area contributed by atoms with E-state index in [1.165, 1.54) is 4.88 Å². The minimum absolute atomic E-state index is 0.0814. The second kappa shape index (κ2) is 2.84. The first-order valence-electron chi connectivity index (χ1n) is 4.44. The van der Waals surface area contributed by atoms with Crippen molar-refractivity contribution < 1.29 is 4.79 Å². The number of hydrogen-bond acceptors (Lipinski definition) is 2. The van der Waals surface area contributed by atoms with Gasteiger partial charge in [0.2, 0.25) is 5.91 Å². The first kappa shape index (κ1) is 8.75. The highest BCUT2D eigenvalue weighted by atomic mass is 32.1. The summed E-state index contributed by atoms with van der Waals surface area (Å²) >= 11 is 1.73. The van der Waals surface area contributed by atoms with Crippen molar-refractivity contribution in [3.8, 4) is 0 Å². The summed E-state index contributed by atoms with van der Waals surface area (Å²) in [5.74, 6) is 0.517. The van der Waals surface area contributed by atoms with Crippen molar-refractivity contribution in [2.24, 2.45) is 0 Å². The van der Waals surface area contributed by atoms with E-state index < -0.39 is 0 Å². The number of carbonyl (C=O) groups excluding carboxylic acids is 1. The van der Waals surface area contributed by atoms with Crippen LogP contribution in [0.5, 0.6) is 0 Å². The Hall–Kier alpha value is -0.830. The molecule has 1 N–H and O–H groups in total. The first-order valence-corrected chi connectivity index (χ1v) is 5.32. The minimum Gasteiger partial charge on any atom is -0.351 e. The molecule has 70 valence electrons. The smallest absolute Gasteiger partial charge is 0.221 e. The van der Waals surface area contributed by atoms with Gasteiger partial charge in [0.25, 0.3) is 0 Å². The van der Waals surface area contributed by atoms with Crippen molar-refractivity contribution in [1.82, 2.24) is 5.32 Å². The van der Waals surface area contributed by atoms with E-state index >= 15 is 0 Å². The average molecular weight is 195 g/mol. The fourth-order valence-corrected chi connectivity index (χ4v) is 2.90. The molecule has 3 heteroatoms. The summed E-state index contributed by atoms with van der Waals surface area (Å²) in [6.45, 7) is 4.17. The summed E-state index contributed by atoms with van der Waals surface area (Å²) in [6, 6.07) is 4.15. The van der Waals surface area contributed by atoms with Gasteiger partial charge in [-0.15, -0.1) is 11.3 Å². The third kappa shape index (κ3) is 1.48. The number of carbonyl (C=O) groups is 1. The molecule has 0 bridgehead atoms. The van der Waals surface area contributed by atoms with E-state index in [0.29, 0.717) is 12.3 Å². The van der Waals surface area contributed by atoms with Crippen LogP contribution in [0.25, 0.3) is 0 Å². The van der Waals surface area contributed by atoms with Gasteiger partial charge in [-0.05, 0) is 25.3 Å². The zero-order chi connectivity index (χ0) is 9.47. The van der Waals surface area contributed by atoms with Gasteiger partial charge in [0, 0.05) is 22.8 Å². The predicted molar refractivity (Wildman–Crippen MR) is 53.9 cm³/mol. The van der Waals surface area contributed by atoms with Crippen molar-refractivity contribution in [2.75, 3.05) is 0 Å². The largest absolute Gasteiger partial charge is 0.351 e. The molecule has 0 spiro atoms. The zero-order valence-electron chi connectivity index (χ0n) is 7.83. The molecule has 1 saturated heterocycles. The number of nitrogens with one attached hydrogen (secondary N) is 1. The highest BCUT2D eigenvalue weighted by molar-refractivity contribution is 7.10. The van der Waals surface area contributed by atoms with Crippen LogP contribution in [0.2, 0.25) is 0 Å². The lowest BCUT2D eigenvalue weighted by atomic mass is 9.88. The molecule has 1 aliphatic heterocycles. The molecule has 0 saturated carbocycles. The highest BCUT2D eigenvalue weighted by Crippen LogP contribution is 2.37. The monoisotopic (exact) mass is 195 g/mol. The number of thiophene rings is 1. The van der Waals surface area contributed by atoms with E-state index in [1.54, 1.807) is 11.3 Å². The molecule has 0 aliphatic carbocycles. The van der Waals surface area contributed by atoms with E-state index in [4.69, 9.17) is 0 Å². The van der Waals surface area contributed by atoms with Gasteiger partial charge in [-0.2, -0.15) is 0 Å². The van der Waals surface area contributed by atoms with Crippen molar-refractivity contribution in [1.29, 1.82) is 0 Å².